The Hall–Kier alpha value is 0.310. The lowest BCUT2D eigenvalue weighted by atomic mass is 10.0. The highest BCUT2D eigenvalue weighted by atomic mass is 32.1. The third-order valence-electron chi connectivity index (χ3n) is 1.52. The van der Waals surface area contributed by atoms with E-state index in [4.69, 9.17) is 4.74 Å². The fourth-order valence-corrected chi connectivity index (χ4v) is 1.40. The quantitative estimate of drug-likeness (QED) is 0.539. The van der Waals surface area contributed by atoms with Crippen LogP contribution < -0.4 is 0 Å². The van der Waals surface area contributed by atoms with E-state index in [9.17, 15) is 0 Å². The van der Waals surface area contributed by atoms with E-state index in [0.717, 1.165) is 18.9 Å². The normalized spacial score (nSPS) is 32.4. The highest BCUT2D eigenvalue weighted by Crippen LogP contribution is 2.20. The summed E-state index contributed by atoms with van der Waals surface area (Å²) in [6, 6.07) is 0. The first-order valence-electron chi connectivity index (χ1n) is 4.08. The fourth-order valence-electron chi connectivity index (χ4n) is 0.935. The van der Waals surface area contributed by atoms with Crippen LogP contribution in [0.25, 0.3) is 0 Å². The molecule has 0 radical (unpaired) electrons. The van der Waals surface area contributed by atoms with Crippen LogP contribution in [0, 0.1) is 5.92 Å². The Kier molecular flexibility index (Phi) is 6.24. The summed E-state index contributed by atoms with van der Waals surface area (Å²) in [5, 5.41) is 0. The molecule has 0 aromatic heterocycles. The van der Waals surface area contributed by atoms with Crippen molar-refractivity contribution in [3.05, 3.63) is 0 Å². The molecule has 2 heteroatoms. The largest absolute Gasteiger partial charge is 0.368 e. The van der Waals surface area contributed by atoms with Crippen molar-refractivity contribution in [2.24, 2.45) is 5.92 Å². The maximum absolute atomic E-state index is 5.21. The van der Waals surface area contributed by atoms with E-state index in [1.807, 2.05) is 13.8 Å². The van der Waals surface area contributed by atoms with Crippen LogP contribution in [-0.2, 0) is 4.74 Å². The molecule has 0 saturated carbocycles. The van der Waals surface area contributed by atoms with Gasteiger partial charge in [-0.2, -0.15) is 0 Å². The lowest BCUT2D eigenvalue weighted by molar-refractivity contribution is 0.0500. The van der Waals surface area contributed by atoms with Gasteiger partial charge in [0.05, 0.1) is 0 Å². The van der Waals surface area contributed by atoms with E-state index in [-0.39, 0.29) is 5.44 Å². The van der Waals surface area contributed by atoms with Crippen molar-refractivity contribution >= 4 is 12.6 Å². The van der Waals surface area contributed by atoms with Crippen molar-refractivity contribution in [3.8, 4) is 0 Å². The van der Waals surface area contributed by atoms with Gasteiger partial charge in [-0.25, -0.2) is 0 Å². The second-order valence-electron chi connectivity index (χ2n) is 2.45. The van der Waals surface area contributed by atoms with E-state index in [1.54, 1.807) is 0 Å². The van der Waals surface area contributed by atoms with Gasteiger partial charge in [0.25, 0.3) is 0 Å². The molecule has 1 heterocycles. The lowest BCUT2D eigenvalue weighted by Gasteiger charge is -2.22. The summed E-state index contributed by atoms with van der Waals surface area (Å²) in [6.45, 7) is 7.14. The molecule has 1 aliphatic heterocycles. The summed E-state index contributed by atoms with van der Waals surface area (Å²) in [5.41, 5.74) is 0.207. The Morgan fingerprint density at radius 3 is 2.30 bits per heavy atom. The van der Waals surface area contributed by atoms with Crippen LogP contribution in [0.15, 0.2) is 0 Å². The maximum atomic E-state index is 5.21. The molecule has 1 saturated heterocycles. The lowest BCUT2D eigenvalue weighted by Crippen LogP contribution is -2.19. The summed E-state index contributed by atoms with van der Waals surface area (Å²) in [4.78, 5) is 0. The fraction of sp³-hybridized carbons (Fsp3) is 1.00. The predicted octanol–water partition coefficient (Wildman–Crippen LogP) is 2.72. The zero-order valence-electron chi connectivity index (χ0n) is 7.13. The van der Waals surface area contributed by atoms with Gasteiger partial charge in [-0.1, -0.05) is 20.8 Å². The Bertz CT molecular complexity index is 67.7. The van der Waals surface area contributed by atoms with Crippen LogP contribution in [0.1, 0.15) is 33.6 Å². The number of thiol groups is 1. The molecule has 0 aromatic carbocycles. The second-order valence-corrected chi connectivity index (χ2v) is 3.03. The predicted molar refractivity (Wildman–Crippen MR) is 48.5 cm³/mol. The van der Waals surface area contributed by atoms with Crippen LogP contribution in [0.4, 0.5) is 0 Å². The van der Waals surface area contributed by atoms with Crippen molar-refractivity contribution in [3.63, 3.8) is 0 Å². The molecule has 0 aromatic rings. The molecule has 1 rings (SSSR count). The van der Waals surface area contributed by atoms with Gasteiger partial charge in [0.1, 0.15) is 5.44 Å². The molecule has 1 nitrogen and oxygen atoms in total. The van der Waals surface area contributed by atoms with Crippen molar-refractivity contribution in [1.29, 1.82) is 0 Å². The molecule has 1 aliphatic rings. The zero-order chi connectivity index (χ0) is 7.98. The maximum Gasteiger partial charge on any atom is 0.100 e. The van der Waals surface area contributed by atoms with Crippen LogP contribution in [0.5, 0.6) is 0 Å². The van der Waals surface area contributed by atoms with E-state index in [1.165, 1.54) is 6.42 Å². The highest BCUT2D eigenvalue weighted by molar-refractivity contribution is 7.80. The Morgan fingerprint density at radius 1 is 1.40 bits per heavy atom. The molecule has 62 valence electrons. The highest BCUT2D eigenvalue weighted by Gasteiger charge is 2.14. The van der Waals surface area contributed by atoms with Gasteiger partial charge < -0.3 is 4.74 Å². The van der Waals surface area contributed by atoms with Gasteiger partial charge in [-0.05, 0) is 18.8 Å². The first-order chi connectivity index (χ1) is 4.79. The van der Waals surface area contributed by atoms with Gasteiger partial charge in [0, 0.05) is 6.61 Å². The molecule has 0 bridgehead atoms. The smallest absolute Gasteiger partial charge is 0.100 e. The van der Waals surface area contributed by atoms with E-state index in [0.29, 0.717) is 0 Å². The average Bonchev–Trinajstić information content (AvgIpc) is 1.91. The summed E-state index contributed by atoms with van der Waals surface area (Å²) < 4.78 is 5.21. The molecule has 0 spiro atoms. The Balaban J connectivity index is 0.000000371. The summed E-state index contributed by atoms with van der Waals surface area (Å²) in [6.07, 6.45) is 2.32. The monoisotopic (exact) mass is 162 g/mol. The minimum atomic E-state index is 0.207. The van der Waals surface area contributed by atoms with Crippen LogP contribution in [0.2, 0.25) is 0 Å². The molecule has 2 atom stereocenters. The minimum Gasteiger partial charge on any atom is -0.368 e. The molecule has 0 amide bonds. The van der Waals surface area contributed by atoms with Crippen molar-refractivity contribution < 1.29 is 4.74 Å². The third-order valence-corrected chi connectivity index (χ3v) is 1.88. The van der Waals surface area contributed by atoms with E-state index >= 15 is 0 Å². The van der Waals surface area contributed by atoms with E-state index in [2.05, 4.69) is 19.6 Å². The van der Waals surface area contributed by atoms with Gasteiger partial charge >= 0.3 is 0 Å². The average molecular weight is 162 g/mol. The van der Waals surface area contributed by atoms with Gasteiger partial charge in [0.2, 0.25) is 0 Å². The minimum absolute atomic E-state index is 0.207. The zero-order valence-corrected chi connectivity index (χ0v) is 8.03. The third kappa shape index (κ3) is 4.18. The number of ether oxygens (including phenoxy) is 1. The molecular weight excluding hydrogens is 144 g/mol. The molecule has 2 unspecified atom stereocenters. The van der Waals surface area contributed by atoms with Gasteiger partial charge in [0.15, 0.2) is 0 Å². The molecular formula is C8H18OS. The standard InChI is InChI=1S/C6H12OS.C2H6/c1-5-2-3-7-6(8)4-5;1-2/h5-6,8H,2-4H2,1H3;1-2H3. The van der Waals surface area contributed by atoms with Gasteiger partial charge in [-0.3, -0.25) is 0 Å². The number of hydrogen-bond acceptors (Lipinski definition) is 2. The molecule has 1 fully saturated rings. The Labute approximate surface area is 69.6 Å². The number of hydrogen-bond donors (Lipinski definition) is 1. The van der Waals surface area contributed by atoms with E-state index < -0.39 is 0 Å². The molecule has 10 heavy (non-hydrogen) atoms. The number of rotatable bonds is 0. The Morgan fingerprint density at radius 2 is 2.00 bits per heavy atom. The summed E-state index contributed by atoms with van der Waals surface area (Å²) in [5.74, 6) is 0.811. The molecule has 0 N–H and O–H groups in total. The first-order valence-corrected chi connectivity index (χ1v) is 4.60. The topological polar surface area (TPSA) is 9.23 Å². The summed E-state index contributed by atoms with van der Waals surface area (Å²) >= 11 is 4.20. The SMILES string of the molecule is CC.CC1CCOC(S)C1. The summed E-state index contributed by atoms with van der Waals surface area (Å²) in [7, 11) is 0. The van der Waals surface area contributed by atoms with Crippen LogP contribution >= 0.6 is 12.6 Å². The van der Waals surface area contributed by atoms with Crippen molar-refractivity contribution in [2.75, 3.05) is 6.61 Å². The van der Waals surface area contributed by atoms with Crippen LogP contribution in [0.3, 0.4) is 0 Å². The second kappa shape index (κ2) is 6.05. The molecule has 0 aliphatic carbocycles. The van der Waals surface area contributed by atoms with Crippen molar-refractivity contribution in [1.82, 2.24) is 0 Å². The first kappa shape index (κ1) is 10.3. The van der Waals surface area contributed by atoms with Gasteiger partial charge in [-0.15, -0.1) is 12.6 Å². The van der Waals surface area contributed by atoms with Crippen LogP contribution in [-0.4, -0.2) is 12.0 Å². The van der Waals surface area contributed by atoms with Crippen molar-refractivity contribution in [2.45, 2.75) is 39.0 Å².